The number of nitrogen functional groups attached to an aromatic ring is 1. The number of benzene rings is 1. The van der Waals surface area contributed by atoms with E-state index in [-0.39, 0.29) is 0 Å². The lowest BCUT2D eigenvalue weighted by molar-refractivity contribution is 0.357. The van der Waals surface area contributed by atoms with Gasteiger partial charge in [-0.1, -0.05) is 0 Å². The number of nitrogens with zero attached hydrogens (tertiary/aromatic N) is 2. The zero-order chi connectivity index (χ0) is 11.0. The average molecular weight is 213 g/mol. The molecule has 0 spiro atoms. The first-order chi connectivity index (χ1) is 7.83. The number of nitrogens with two attached hydrogens (primary N) is 1. The molecule has 2 heterocycles. The molecule has 4 heteroatoms. The molecule has 2 N–H and O–H groups in total. The van der Waals surface area contributed by atoms with E-state index in [1.54, 1.807) is 6.07 Å². The van der Waals surface area contributed by atoms with Crippen LogP contribution in [0.1, 0.15) is 5.56 Å². The van der Waals surface area contributed by atoms with E-state index in [0.717, 1.165) is 30.0 Å². The van der Waals surface area contributed by atoms with E-state index in [2.05, 4.69) is 16.3 Å². The van der Waals surface area contributed by atoms with Gasteiger partial charge in [-0.3, -0.25) is 0 Å². The Labute approximate surface area is 93.1 Å². The van der Waals surface area contributed by atoms with Gasteiger partial charge in [-0.15, -0.1) is 10.2 Å². The summed E-state index contributed by atoms with van der Waals surface area (Å²) in [6.07, 6.45) is 0.964. The molecule has 4 nitrogen and oxygen atoms in total. The van der Waals surface area contributed by atoms with Gasteiger partial charge in [0.05, 0.1) is 12.3 Å². The monoisotopic (exact) mass is 213 g/mol. The SMILES string of the molecule is Nc1ccc(-c2ccc3c(c2)CCO3)nn1. The van der Waals surface area contributed by atoms with Crippen molar-refractivity contribution in [2.75, 3.05) is 12.3 Å². The molecule has 1 aliphatic rings. The molecule has 0 radical (unpaired) electrons. The van der Waals surface area contributed by atoms with Crippen LogP contribution in [-0.4, -0.2) is 16.8 Å². The van der Waals surface area contributed by atoms with Crippen molar-refractivity contribution < 1.29 is 4.74 Å². The topological polar surface area (TPSA) is 61.0 Å². The Bertz CT molecular complexity index is 522. The maximum absolute atomic E-state index is 5.50. The third-order valence-corrected chi connectivity index (χ3v) is 2.67. The standard InChI is InChI=1S/C12H11N3O/c13-12-4-2-10(14-15-12)8-1-3-11-9(7-8)5-6-16-11/h1-4,7H,5-6H2,(H2,13,15). The molecule has 2 aromatic rings. The van der Waals surface area contributed by atoms with Crippen molar-refractivity contribution in [2.45, 2.75) is 6.42 Å². The van der Waals surface area contributed by atoms with Crippen LogP contribution >= 0.6 is 0 Å². The number of aromatic nitrogens is 2. The van der Waals surface area contributed by atoms with Crippen LogP contribution in [0.5, 0.6) is 5.75 Å². The predicted molar refractivity (Wildman–Crippen MR) is 61.1 cm³/mol. The minimum Gasteiger partial charge on any atom is -0.493 e. The Hall–Kier alpha value is -2.10. The van der Waals surface area contributed by atoms with E-state index in [9.17, 15) is 0 Å². The second-order valence-corrected chi connectivity index (χ2v) is 3.76. The summed E-state index contributed by atoms with van der Waals surface area (Å²) < 4.78 is 5.45. The van der Waals surface area contributed by atoms with Crippen LogP contribution < -0.4 is 10.5 Å². The van der Waals surface area contributed by atoms with E-state index in [0.29, 0.717) is 5.82 Å². The van der Waals surface area contributed by atoms with Gasteiger partial charge in [0, 0.05) is 12.0 Å². The summed E-state index contributed by atoms with van der Waals surface area (Å²) in [5, 5.41) is 7.90. The average Bonchev–Trinajstić information content (AvgIpc) is 2.77. The molecule has 0 saturated carbocycles. The molecule has 0 unspecified atom stereocenters. The first-order valence-corrected chi connectivity index (χ1v) is 5.18. The first kappa shape index (κ1) is 9.15. The Morgan fingerprint density at radius 1 is 1.12 bits per heavy atom. The summed E-state index contributed by atoms with van der Waals surface area (Å²) in [4.78, 5) is 0. The number of rotatable bonds is 1. The van der Waals surface area contributed by atoms with Gasteiger partial charge in [-0.25, -0.2) is 0 Å². The summed E-state index contributed by atoms with van der Waals surface area (Å²) in [6, 6.07) is 9.70. The molecule has 0 fully saturated rings. The third-order valence-electron chi connectivity index (χ3n) is 2.67. The van der Waals surface area contributed by atoms with Gasteiger partial charge in [-0.2, -0.15) is 0 Å². The minimum atomic E-state index is 0.438. The molecule has 1 aromatic carbocycles. The van der Waals surface area contributed by atoms with Gasteiger partial charge >= 0.3 is 0 Å². The largest absolute Gasteiger partial charge is 0.493 e. The van der Waals surface area contributed by atoms with Crippen molar-refractivity contribution in [3.05, 3.63) is 35.9 Å². The summed E-state index contributed by atoms with van der Waals surface area (Å²) in [5.74, 6) is 1.42. The van der Waals surface area contributed by atoms with Crippen LogP contribution in [0.2, 0.25) is 0 Å². The zero-order valence-electron chi connectivity index (χ0n) is 8.68. The molecule has 1 aromatic heterocycles. The maximum atomic E-state index is 5.50. The zero-order valence-corrected chi connectivity index (χ0v) is 8.68. The first-order valence-electron chi connectivity index (χ1n) is 5.18. The van der Waals surface area contributed by atoms with Crippen LogP contribution in [0, 0.1) is 0 Å². The van der Waals surface area contributed by atoms with E-state index < -0.39 is 0 Å². The lowest BCUT2D eigenvalue weighted by Crippen LogP contribution is -1.94. The molecule has 16 heavy (non-hydrogen) atoms. The fourth-order valence-electron chi connectivity index (χ4n) is 1.84. The highest BCUT2D eigenvalue weighted by Gasteiger charge is 2.12. The number of anilines is 1. The van der Waals surface area contributed by atoms with Gasteiger partial charge in [0.1, 0.15) is 11.6 Å². The quantitative estimate of drug-likeness (QED) is 0.782. The Morgan fingerprint density at radius 3 is 2.88 bits per heavy atom. The van der Waals surface area contributed by atoms with E-state index in [1.807, 2.05) is 18.2 Å². The second kappa shape index (κ2) is 3.48. The molecule has 1 aliphatic heterocycles. The van der Waals surface area contributed by atoms with Crippen molar-refractivity contribution in [3.8, 4) is 17.0 Å². The van der Waals surface area contributed by atoms with Crippen LogP contribution in [0.25, 0.3) is 11.3 Å². The summed E-state index contributed by atoms with van der Waals surface area (Å²) in [5.41, 5.74) is 8.62. The van der Waals surface area contributed by atoms with Gasteiger partial charge < -0.3 is 10.5 Å². The third kappa shape index (κ3) is 1.48. The molecule has 0 bridgehead atoms. The van der Waals surface area contributed by atoms with E-state index in [1.165, 1.54) is 5.56 Å². The Balaban J connectivity index is 2.03. The normalized spacial score (nSPS) is 13.2. The highest BCUT2D eigenvalue weighted by atomic mass is 16.5. The van der Waals surface area contributed by atoms with Crippen molar-refractivity contribution in [1.29, 1.82) is 0 Å². The lowest BCUT2D eigenvalue weighted by atomic mass is 10.1. The molecule has 80 valence electrons. The van der Waals surface area contributed by atoms with Crippen molar-refractivity contribution in [2.24, 2.45) is 0 Å². The Morgan fingerprint density at radius 2 is 2.06 bits per heavy atom. The molecule has 0 amide bonds. The van der Waals surface area contributed by atoms with Crippen LogP contribution in [-0.2, 0) is 6.42 Å². The highest BCUT2D eigenvalue weighted by molar-refractivity contribution is 5.62. The van der Waals surface area contributed by atoms with Gasteiger partial charge in [0.2, 0.25) is 0 Å². The molecule has 3 rings (SSSR count). The summed E-state index contributed by atoms with van der Waals surface area (Å²) in [7, 11) is 0. The Kier molecular flexibility index (Phi) is 1.99. The summed E-state index contributed by atoms with van der Waals surface area (Å²) in [6.45, 7) is 0.770. The number of ether oxygens (including phenoxy) is 1. The van der Waals surface area contributed by atoms with Crippen molar-refractivity contribution >= 4 is 5.82 Å². The maximum Gasteiger partial charge on any atom is 0.146 e. The van der Waals surface area contributed by atoms with Crippen molar-refractivity contribution in [1.82, 2.24) is 10.2 Å². The number of fused-ring (bicyclic) bond motifs is 1. The smallest absolute Gasteiger partial charge is 0.146 e. The van der Waals surface area contributed by atoms with E-state index in [4.69, 9.17) is 10.5 Å². The van der Waals surface area contributed by atoms with Gasteiger partial charge in [0.25, 0.3) is 0 Å². The molecule has 0 saturated heterocycles. The second-order valence-electron chi connectivity index (χ2n) is 3.76. The van der Waals surface area contributed by atoms with Crippen LogP contribution in [0.3, 0.4) is 0 Å². The van der Waals surface area contributed by atoms with Crippen molar-refractivity contribution in [3.63, 3.8) is 0 Å². The van der Waals surface area contributed by atoms with Crippen LogP contribution in [0.15, 0.2) is 30.3 Å². The highest BCUT2D eigenvalue weighted by Crippen LogP contribution is 2.29. The molecule has 0 aliphatic carbocycles. The molecule has 0 atom stereocenters. The molecular weight excluding hydrogens is 202 g/mol. The predicted octanol–water partition coefficient (Wildman–Crippen LogP) is 1.66. The van der Waals surface area contributed by atoms with Gasteiger partial charge in [-0.05, 0) is 35.9 Å². The van der Waals surface area contributed by atoms with E-state index >= 15 is 0 Å². The summed E-state index contributed by atoms with van der Waals surface area (Å²) >= 11 is 0. The molecular formula is C12H11N3O. The number of hydrogen-bond acceptors (Lipinski definition) is 4. The fraction of sp³-hybridized carbons (Fsp3) is 0.167. The van der Waals surface area contributed by atoms with Crippen LogP contribution in [0.4, 0.5) is 5.82 Å². The number of hydrogen-bond donors (Lipinski definition) is 1. The fourth-order valence-corrected chi connectivity index (χ4v) is 1.84. The van der Waals surface area contributed by atoms with Gasteiger partial charge in [0.15, 0.2) is 0 Å². The minimum absolute atomic E-state index is 0.438. The lowest BCUT2D eigenvalue weighted by Gasteiger charge is -2.03.